The molecule has 1 amide bonds. The minimum atomic E-state index is -3.00. The van der Waals surface area contributed by atoms with Crippen LogP contribution in [0.25, 0.3) is 0 Å². The molecular formula is C15H19F2NO5. The Labute approximate surface area is 132 Å². The number of hydrogen-bond acceptors (Lipinski definition) is 4. The Bertz CT molecular complexity index is 552. The quantitative estimate of drug-likeness (QED) is 0.721. The van der Waals surface area contributed by atoms with Gasteiger partial charge in [0.15, 0.2) is 0 Å². The van der Waals surface area contributed by atoms with Gasteiger partial charge in [-0.15, -0.1) is 0 Å². The second kappa shape index (κ2) is 8.42. The lowest BCUT2D eigenvalue weighted by Gasteiger charge is -2.28. The summed E-state index contributed by atoms with van der Waals surface area (Å²) in [5.41, 5.74) is -0.823. The van der Waals surface area contributed by atoms with Crippen LogP contribution < -0.4 is 10.1 Å². The van der Waals surface area contributed by atoms with E-state index in [9.17, 15) is 18.4 Å². The zero-order valence-corrected chi connectivity index (χ0v) is 12.8. The number of halogens is 2. The number of hydrogen-bond donors (Lipinski definition) is 2. The number of ether oxygens (including phenoxy) is 2. The van der Waals surface area contributed by atoms with E-state index < -0.39 is 24.0 Å². The summed E-state index contributed by atoms with van der Waals surface area (Å²) >= 11 is 0. The fourth-order valence-corrected chi connectivity index (χ4v) is 2.20. The second-order valence-corrected chi connectivity index (χ2v) is 5.28. The molecule has 0 saturated heterocycles. The number of amides is 1. The van der Waals surface area contributed by atoms with E-state index in [4.69, 9.17) is 9.84 Å². The van der Waals surface area contributed by atoms with E-state index in [-0.39, 0.29) is 30.8 Å². The highest BCUT2D eigenvalue weighted by Gasteiger charge is 2.29. The maximum absolute atomic E-state index is 12.3. The Hall–Kier alpha value is -2.22. The van der Waals surface area contributed by atoms with Crippen molar-refractivity contribution < 1.29 is 33.0 Å². The molecular weight excluding hydrogens is 312 g/mol. The summed E-state index contributed by atoms with van der Waals surface area (Å²) in [5.74, 6) is -1.70. The van der Waals surface area contributed by atoms with Crippen LogP contribution in [0.4, 0.5) is 8.78 Å². The number of methoxy groups -OCH3 is 1. The van der Waals surface area contributed by atoms with Crippen molar-refractivity contribution in [2.45, 2.75) is 31.9 Å². The second-order valence-electron chi connectivity index (χ2n) is 5.28. The van der Waals surface area contributed by atoms with E-state index in [2.05, 4.69) is 10.1 Å². The van der Waals surface area contributed by atoms with Gasteiger partial charge in [-0.1, -0.05) is 18.2 Å². The molecule has 1 atom stereocenters. The molecule has 0 saturated carbocycles. The molecule has 2 N–H and O–H groups in total. The molecule has 0 bridgehead atoms. The summed E-state index contributed by atoms with van der Waals surface area (Å²) < 4.78 is 34.0. The molecule has 0 fully saturated rings. The van der Waals surface area contributed by atoms with Crippen molar-refractivity contribution in [1.29, 1.82) is 0 Å². The molecule has 0 aliphatic rings. The Balaban J connectivity index is 2.80. The number of benzene rings is 1. The molecule has 1 unspecified atom stereocenters. The minimum Gasteiger partial charge on any atom is -0.481 e. The van der Waals surface area contributed by atoms with Crippen molar-refractivity contribution in [2.75, 3.05) is 13.7 Å². The van der Waals surface area contributed by atoms with Crippen LogP contribution in [0.5, 0.6) is 5.75 Å². The first-order valence-electron chi connectivity index (χ1n) is 6.80. The number of alkyl halides is 2. The summed E-state index contributed by atoms with van der Waals surface area (Å²) in [6.07, 6.45) is -0.552. The lowest BCUT2D eigenvalue weighted by Crippen LogP contribution is -2.51. The third kappa shape index (κ3) is 6.60. The highest BCUT2D eigenvalue weighted by atomic mass is 19.3. The monoisotopic (exact) mass is 331 g/mol. The zero-order valence-electron chi connectivity index (χ0n) is 12.8. The number of aliphatic carboxylic acids is 1. The number of carbonyl (C=O) groups is 2. The van der Waals surface area contributed by atoms with E-state index >= 15 is 0 Å². The average Bonchev–Trinajstić information content (AvgIpc) is 2.39. The summed E-state index contributed by atoms with van der Waals surface area (Å²) in [7, 11) is 1.39. The maximum atomic E-state index is 12.3. The third-order valence-corrected chi connectivity index (χ3v) is 2.99. The van der Waals surface area contributed by atoms with Crippen LogP contribution in [0.1, 0.15) is 18.9 Å². The predicted octanol–water partition coefficient (Wildman–Crippen LogP) is 1.83. The first-order chi connectivity index (χ1) is 10.8. The van der Waals surface area contributed by atoms with E-state index in [0.29, 0.717) is 0 Å². The normalized spacial score (nSPS) is 13.4. The fourth-order valence-electron chi connectivity index (χ4n) is 2.20. The summed E-state index contributed by atoms with van der Waals surface area (Å²) in [5, 5.41) is 11.5. The average molecular weight is 331 g/mol. The van der Waals surface area contributed by atoms with Crippen LogP contribution in [-0.2, 0) is 20.7 Å². The molecule has 0 spiro atoms. The van der Waals surface area contributed by atoms with Crippen molar-refractivity contribution in [3.05, 3.63) is 29.8 Å². The molecule has 23 heavy (non-hydrogen) atoms. The molecule has 8 heteroatoms. The van der Waals surface area contributed by atoms with Gasteiger partial charge in [-0.3, -0.25) is 9.59 Å². The van der Waals surface area contributed by atoms with Crippen molar-refractivity contribution in [2.24, 2.45) is 0 Å². The molecule has 0 heterocycles. The third-order valence-electron chi connectivity index (χ3n) is 2.99. The van der Waals surface area contributed by atoms with Crippen LogP contribution in [-0.4, -0.2) is 42.9 Å². The number of nitrogens with one attached hydrogen (secondary N) is 1. The molecule has 1 aromatic carbocycles. The Morgan fingerprint density at radius 2 is 2.00 bits per heavy atom. The largest absolute Gasteiger partial charge is 0.481 e. The van der Waals surface area contributed by atoms with Crippen molar-refractivity contribution in [3.63, 3.8) is 0 Å². The van der Waals surface area contributed by atoms with Gasteiger partial charge < -0.3 is 19.9 Å². The van der Waals surface area contributed by atoms with Crippen LogP contribution in [0.3, 0.4) is 0 Å². The van der Waals surface area contributed by atoms with Gasteiger partial charge in [0.2, 0.25) is 5.91 Å². The number of carboxylic acid groups (broad SMARTS) is 1. The highest BCUT2D eigenvalue weighted by molar-refractivity contribution is 5.81. The Morgan fingerprint density at radius 1 is 1.35 bits per heavy atom. The molecule has 1 aromatic rings. The van der Waals surface area contributed by atoms with Gasteiger partial charge in [0.25, 0.3) is 0 Å². The van der Waals surface area contributed by atoms with Gasteiger partial charge in [-0.2, -0.15) is 8.78 Å². The Morgan fingerprint density at radius 3 is 2.57 bits per heavy atom. The highest BCUT2D eigenvalue weighted by Crippen LogP contribution is 2.21. The fraction of sp³-hybridized carbons (Fsp3) is 0.467. The van der Waals surface area contributed by atoms with E-state index in [1.54, 1.807) is 6.07 Å². The lowest BCUT2D eigenvalue weighted by molar-refractivity contribution is -0.139. The van der Waals surface area contributed by atoms with Gasteiger partial charge in [0.05, 0.1) is 25.0 Å². The molecule has 0 aliphatic carbocycles. The molecule has 0 radical (unpaired) electrons. The van der Waals surface area contributed by atoms with Gasteiger partial charge in [-0.05, 0) is 13.0 Å². The Kier molecular flexibility index (Phi) is 6.89. The summed E-state index contributed by atoms with van der Waals surface area (Å²) in [4.78, 5) is 23.0. The summed E-state index contributed by atoms with van der Waals surface area (Å²) in [6, 6.07) is 5.92. The van der Waals surface area contributed by atoms with Crippen LogP contribution in [0, 0.1) is 0 Å². The first kappa shape index (κ1) is 18.8. The molecule has 6 nitrogen and oxygen atoms in total. The van der Waals surface area contributed by atoms with Gasteiger partial charge in [0, 0.05) is 12.7 Å². The number of carbonyl (C=O) groups excluding carboxylic acids is 1. The number of carboxylic acids is 1. The standard InChI is InChI=1S/C15H19F2NO5/c1-15(9-22-2,8-13(20)21)18-12(19)7-10-5-3-4-6-11(10)23-14(16)17/h3-6,14H,7-9H2,1-2H3,(H,18,19)(H,20,21). The van der Waals surface area contributed by atoms with Gasteiger partial charge in [-0.25, -0.2) is 0 Å². The van der Waals surface area contributed by atoms with E-state index in [1.165, 1.54) is 32.2 Å². The van der Waals surface area contributed by atoms with E-state index in [1.807, 2.05) is 0 Å². The number of rotatable bonds is 9. The van der Waals surface area contributed by atoms with Crippen molar-refractivity contribution in [1.82, 2.24) is 5.32 Å². The molecule has 1 rings (SSSR count). The molecule has 0 aromatic heterocycles. The molecule has 0 aliphatic heterocycles. The van der Waals surface area contributed by atoms with Gasteiger partial charge >= 0.3 is 12.6 Å². The van der Waals surface area contributed by atoms with E-state index in [0.717, 1.165) is 0 Å². The van der Waals surface area contributed by atoms with Crippen LogP contribution >= 0.6 is 0 Å². The van der Waals surface area contributed by atoms with Crippen LogP contribution in [0.2, 0.25) is 0 Å². The predicted molar refractivity (Wildman–Crippen MR) is 77.5 cm³/mol. The van der Waals surface area contributed by atoms with Gasteiger partial charge in [0.1, 0.15) is 5.75 Å². The first-order valence-corrected chi connectivity index (χ1v) is 6.80. The van der Waals surface area contributed by atoms with Crippen LogP contribution in [0.15, 0.2) is 24.3 Å². The SMILES string of the molecule is COCC(C)(CC(=O)O)NC(=O)Cc1ccccc1OC(F)F. The van der Waals surface area contributed by atoms with Crippen molar-refractivity contribution >= 4 is 11.9 Å². The maximum Gasteiger partial charge on any atom is 0.387 e. The lowest BCUT2D eigenvalue weighted by atomic mass is 9.98. The smallest absolute Gasteiger partial charge is 0.387 e. The topological polar surface area (TPSA) is 84.9 Å². The minimum absolute atomic E-state index is 0.000219. The summed E-state index contributed by atoms with van der Waals surface area (Å²) in [6.45, 7) is -1.46. The number of para-hydroxylation sites is 1. The molecule has 128 valence electrons. The zero-order chi connectivity index (χ0) is 17.5. The van der Waals surface area contributed by atoms with Crippen molar-refractivity contribution in [3.8, 4) is 5.75 Å².